The van der Waals surface area contributed by atoms with Gasteiger partial charge in [0.1, 0.15) is 5.65 Å². The van der Waals surface area contributed by atoms with Crippen molar-refractivity contribution in [3.8, 4) is 0 Å². The fourth-order valence-electron chi connectivity index (χ4n) is 6.85. The summed E-state index contributed by atoms with van der Waals surface area (Å²) in [4.78, 5) is 28.2. The Bertz CT molecular complexity index is 1860. The Labute approximate surface area is 263 Å². The van der Waals surface area contributed by atoms with E-state index in [4.69, 9.17) is 16.7 Å². The number of aromatic nitrogens is 5. The summed E-state index contributed by atoms with van der Waals surface area (Å²) in [7, 11) is 1.82. The molecule has 6 rings (SSSR count). The minimum Gasteiger partial charge on any atom is -0.371 e. The fraction of sp³-hybridized carbons (Fsp3) is 0.500. The van der Waals surface area contributed by atoms with Crippen LogP contribution in [0.15, 0.2) is 34.3 Å². The van der Waals surface area contributed by atoms with Crippen molar-refractivity contribution in [3.05, 3.63) is 67.9 Å². The first-order valence-corrected chi connectivity index (χ1v) is 15.6. The summed E-state index contributed by atoms with van der Waals surface area (Å²) >= 11 is 6.20. The molecule has 0 spiro atoms. The van der Waals surface area contributed by atoms with Crippen LogP contribution in [0.1, 0.15) is 69.1 Å². The summed E-state index contributed by atoms with van der Waals surface area (Å²) < 4.78 is 45.1. The van der Waals surface area contributed by atoms with Crippen LogP contribution in [0.5, 0.6) is 0 Å². The molecule has 9 nitrogen and oxygen atoms in total. The number of halogens is 4. The maximum absolute atomic E-state index is 14.5. The van der Waals surface area contributed by atoms with Gasteiger partial charge in [0.2, 0.25) is 0 Å². The molecule has 13 heteroatoms. The molecule has 3 unspecified atom stereocenters. The lowest BCUT2D eigenvalue weighted by Gasteiger charge is -2.37. The molecule has 0 bridgehead atoms. The standard InChI is InChI=1S/C32H37ClF3N7O2/c1-16(2)9-20-14-38-43-25-15-41(29(44)19-7-8-31(5,33)26(12-19)32(34,35)36)18(4)11-22(25)30(45)42(28(20)43)24-13-23-21(10-17(24)3)27(37-6)40-39-23/h7,12-14,16-18H,8-11,15H2,1-6H3,(H2,37,39,40). The molecule has 2 N–H and O–H groups in total. The lowest BCUT2D eigenvalue weighted by molar-refractivity contribution is -0.130. The maximum Gasteiger partial charge on any atom is 0.414 e. The molecule has 1 aliphatic heterocycles. The van der Waals surface area contributed by atoms with Crippen molar-refractivity contribution in [2.24, 2.45) is 11.8 Å². The van der Waals surface area contributed by atoms with Crippen molar-refractivity contribution in [1.82, 2.24) is 29.3 Å². The van der Waals surface area contributed by atoms with E-state index in [1.807, 2.05) is 20.0 Å². The number of alkyl halides is 4. The first-order chi connectivity index (χ1) is 21.1. The Morgan fingerprint density at radius 2 is 1.96 bits per heavy atom. The van der Waals surface area contributed by atoms with Gasteiger partial charge in [0.15, 0.2) is 5.82 Å². The normalized spacial score (nSPS) is 23.4. The van der Waals surface area contributed by atoms with E-state index < -0.39 is 28.6 Å². The van der Waals surface area contributed by atoms with Gasteiger partial charge in [-0.05, 0) is 57.6 Å². The van der Waals surface area contributed by atoms with Gasteiger partial charge in [-0.2, -0.15) is 23.4 Å². The summed E-state index contributed by atoms with van der Waals surface area (Å²) in [5.41, 5.74) is 4.18. The molecule has 0 saturated heterocycles. The van der Waals surface area contributed by atoms with Gasteiger partial charge in [-0.15, -0.1) is 11.6 Å². The van der Waals surface area contributed by atoms with Crippen LogP contribution in [0, 0.1) is 11.8 Å². The second kappa shape index (κ2) is 10.9. The third-order valence-electron chi connectivity index (χ3n) is 9.16. The Morgan fingerprint density at radius 3 is 2.62 bits per heavy atom. The number of anilines is 1. The number of carbonyl (C=O) groups excluding carboxylic acids is 1. The largest absolute Gasteiger partial charge is 0.414 e. The zero-order chi connectivity index (χ0) is 32.6. The van der Waals surface area contributed by atoms with Crippen molar-refractivity contribution in [1.29, 1.82) is 0 Å². The van der Waals surface area contributed by atoms with Crippen LogP contribution in [0.4, 0.5) is 19.0 Å². The summed E-state index contributed by atoms with van der Waals surface area (Å²) in [5, 5.41) is 15.3. The smallest absolute Gasteiger partial charge is 0.371 e. The Morgan fingerprint density at radius 1 is 1.22 bits per heavy atom. The highest BCUT2D eigenvalue weighted by Crippen LogP contribution is 2.44. The Balaban J connectivity index is 1.48. The molecule has 3 aromatic rings. The van der Waals surface area contributed by atoms with E-state index in [2.05, 4.69) is 36.3 Å². The van der Waals surface area contributed by atoms with Crippen LogP contribution in [-0.2, 0) is 30.6 Å². The van der Waals surface area contributed by atoms with Crippen LogP contribution >= 0.6 is 11.6 Å². The van der Waals surface area contributed by atoms with E-state index in [-0.39, 0.29) is 42.4 Å². The van der Waals surface area contributed by atoms with Gasteiger partial charge in [-0.25, -0.2) is 4.52 Å². The quantitative estimate of drug-likeness (QED) is 0.346. The molecule has 3 aromatic heterocycles. The molecule has 0 saturated carbocycles. The summed E-state index contributed by atoms with van der Waals surface area (Å²) in [6.45, 7) is 9.41. The lowest BCUT2D eigenvalue weighted by atomic mass is 9.87. The van der Waals surface area contributed by atoms with Crippen LogP contribution in [0.25, 0.3) is 17.4 Å². The number of H-pyrrole nitrogens is 1. The predicted octanol–water partition coefficient (Wildman–Crippen LogP) is 5.74. The highest BCUT2D eigenvalue weighted by Gasteiger charge is 2.47. The summed E-state index contributed by atoms with van der Waals surface area (Å²) in [5.74, 6) is 0.513. The van der Waals surface area contributed by atoms with Crippen molar-refractivity contribution < 1.29 is 18.0 Å². The average Bonchev–Trinajstić information content (AvgIpc) is 3.55. The molecular weight excluding hydrogens is 607 g/mol. The number of aromatic amines is 1. The zero-order valence-corrected chi connectivity index (χ0v) is 26.9. The molecule has 4 heterocycles. The number of carbonyl (C=O) groups is 1. The second-order valence-corrected chi connectivity index (χ2v) is 13.9. The van der Waals surface area contributed by atoms with Gasteiger partial charge in [0.05, 0.1) is 34.6 Å². The Hall–Kier alpha value is -3.80. The van der Waals surface area contributed by atoms with E-state index in [9.17, 15) is 22.8 Å². The van der Waals surface area contributed by atoms with E-state index in [1.165, 1.54) is 17.9 Å². The van der Waals surface area contributed by atoms with Gasteiger partial charge in [0.25, 0.3) is 11.5 Å². The van der Waals surface area contributed by atoms with Gasteiger partial charge < -0.3 is 10.2 Å². The van der Waals surface area contributed by atoms with Crippen LogP contribution < -0.4 is 10.9 Å². The molecule has 240 valence electrons. The number of rotatable bonds is 5. The number of fused-ring (bicyclic) bond motifs is 4. The summed E-state index contributed by atoms with van der Waals surface area (Å²) in [6.07, 6.45) is 2.86. The molecule has 1 amide bonds. The predicted molar refractivity (Wildman–Crippen MR) is 168 cm³/mol. The minimum absolute atomic E-state index is 0.0110. The number of hydrogen-bond donors (Lipinski definition) is 2. The third-order valence-corrected chi connectivity index (χ3v) is 9.51. The highest BCUT2D eigenvalue weighted by atomic mass is 35.5. The van der Waals surface area contributed by atoms with Crippen LogP contribution in [-0.4, -0.2) is 59.3 Å². The van der Waals surface area contributed by atoms with Gasteiger partial charge in [0, 0.05) is 47.0 Å². The monoisotopic (exact) mass is 643 g/mol. The molecule has 2 aliphatic carbocycles. The zero-order valence-electron chi connectivity index (χ0n) is 26.1. The number of amides is 1. The SMILES string of the molecule is CNc1n[nH]c2c1CC(C)C(n1c(=O)c3c(n4ncc(CC(C)C)c14)CN(C(=O)C1=CCC(C)(Cl)C(C(F)(F)F)=C1)C(C)C3)=C2. The first kappa shape index (κ1) is 31.2. The number of nitrogens with zero attached hydrogens (tertiary/aromatic N) is 5. The van der Waals surface area contributed by atoms with E-state index >= 15 is 0 Å². The van der Waals surface area contributed by atoms with Gasteiger partial charge in [-0.3, -0.25) is 19.3 Å². The summed E-state index contributed by atoms with van der Waals surface area (Å²) in [6, 6.07) is -0.447. The number of allylic oxidation sites excluding steroid dienone is 3. The van der Waals surface area contributed by atoms with E-state index in [1.54, 1.807) is 15.3 Å². The van der Waals surface area contributed by atoms with Gasteiger partial charge in [-0.1, -0.05) is 26.8 Å². The van der Waals surface area contributed by atoms with Crippen LogP contribution in [0.3, 0.4) is 0 Å². The molecule has 3 aliphatic rings. The number of nitrogens with one attached hydrogen (secondary N) is 2. The molecular formula is C32H37ClF3N7O2. The van der Waals surface area contributed by atoms with Gasteiger partial charge >= 0.3 is 6.18 Å². The molecule has 45 heavy (non-hydrogen) atoms. The van der Waals surface area contributed by atoms with Crippen LogP contribution in [0.2, 0.25) is 0 Å². The molecule has 0 fully saturated rings. The lowest BCUT2D eigenvalue weighted by Crippen LogP contribution is -2.47. The van der Waals surface area contributed by atoms with Crippen molar-refractivity contribution in [3.63, 3.8) is 0 Å². The first-order valence-electron chi connectivity index (χ1n) is 15.2. The van der Waals surface area contributed by atoms with E-state index in [0.29, 0.717) is 29.7 Å². The van der Waals surface area contributed by atoms with E-state index in [0.717, 1.165) is 34.4 Å². The average molecular weight is 644 g/mol. The topological polar surface area (TPSA) is 100 Å². The molecule has 3 atom stereocenters. The molecule has 0 radical (unpaired) electrons. The third kappa shape index (κ3) is 5.20. The highest BCUT2D eigenvalue weighted by molar-refractivity contribution is 6.26. The maximum atomic E-state index is 14.5. The van der Waals surface area contributed by atoms with Crippen molar-refractivity contribution >= 4 is 40.7 Å². The Kier molecular flexibility index (Phi) is 7.57. The second-order valence-electron chi connectivity index (χ2n) is 13.1. The van der Waals surface area contributed by atoms with Crippen molar-refractivity contribution in [2.75, 3.05) is 12.4 Å². The van der Waals surface area contributed by atoms with Crippen molar-refractivity contribution in [2.45, 2.75) is 83.9 Å². The molecule has 0 aromatic carbocycles. The number of hydrogen-bond acceptors (Lipinski definition) is 5. The minimum atomic E-state index is -4.67. The fourth-order valence-corrected chi connectivity index (χ4v) is 7.08.